The van der Waals surface area contributed by atoms with Crippen molar-refractivity contribution < 1.29 is 4.74 Å². The van der Waals surface area contributed by atoms with Crippen LogP contribution >= 0.6 is 15.9 Å². The number of halogens is 1. The van der Waals surface area contributed by atoms with Gasteiger partial charge in [-0.25, -0.2) is 0 Å². The predicted molar refractivity (Wildman–Crippen MR) is 67.2 cm³/mol. The van der Waals surface area contributed by atoms with Gasteiger partial charge >= 0.3 is 0 Å². The molecular formula is C12H17BrN2O. The molecule has 1 unspecified atom stereocenters. The lowest BCUT2D eigenvalue weighted by atomic mass is 10.2. The van der Waals surface area contributed by atoms with E-state index in [1.54, 1.807) is 0 Å². The van der Waals surface area contributed by atoms with E-state index in [0.29, 0.717) is 6.10 Å². The van der Waals surface area contributed by atoms with E-state index >= 15 is 0 Å². The first-order valence-electron chi connectivity index (χ1n) is 5.71. The maximum Gasteiger partial charge on any atom is 0.0700 e. The van der Waals surface area contributed by atoms with Crippen LogP contribution in [0.15, 0.2) is 22.9 Å². The van der Waals surface area contributed by atoms with Crippen LogP contribution in [-0.2, 0) is 11.3 Å². The molecule has 0 N–H and O–H groups in total. The summed E-state index contributed by atoms with van der Waals surface area (Å²) in [7, 11) is 0. The van der Waals surface area contributed by atoms with Gasteiger partial charge in [0.05, 0.1) is 12.7 Å². The molecule has 0 amide bonds. The monoisotopic (exact) mass is 284 g/mol. The molecule has 0 aliphatic carbocycles. The lowest BCUT2D eigenvalue weighted by molar-refractivity contribution is -0.0325. The molecule has 0 radical (unpaired) electrons. The standard InChI is InChI=1S/C12H17BrN2O/c1-2-12-9-15(3-4-16-12)8-10-5-11(13)7-14-6-10/h5-7,12H,2-4,8-9H2,1H3. The highest BCUT2D eigenvalue weighted by molar-refractivity contribution is 9.10. The van der Waals surface area contributed by atoms with E-state index in [9.17, 15) is 0 Å². The molecule has 2 heterocycles. The third-order valence-corrected chi connectivity index (χ3v) is 3.28. The average Bonchev–Trinajstić information content (AvgIpc) is 2.29. The molecule has 1 saturated heterocycles. The quantitative estimate of drug-likeness (QED) is 0.853. The third-order valence-electron chi connectivity index (χ3n) is 2.85. The second-order valence-electron chi connectivity index (χ2n) is 4.15. The zero-order valence-corrected chi connectivity index (χ0v) is 11.1. The Kier molecular flexibility index (Phi) is 4.32. The fraction of sp³-hybridized carbons (Fsp3) is 0.583. The van der Waals surface area contributed by atoms with Gasteiger partial charge in [-0.3, -0.25) is 9.88 Å². The van der Waals surface area contributed by atoms with E-state index in [2.05, 4.69) is 38.8 Å². The summed E-state index contributed by atoms with van der Waals surface area (Å²) in [4.78, 5) is 6.62. The molecule has 0 bridgehead atoms. The van der Waals surface area contributed by atoms with Crippen LogP contribution < -0.4 is 0 Å². The predicted octanol–water partition coefficient (Wildman–Crippen LogP) is 2.45. The van der Waals surface area contributed by atoms with Crippen molar-refractivity contribution in [3.8, 4) is 0 Å². The number of rotatable bonds is 3. The molecular weight excluding hydrogens is 268 g/mol. The molecule has 4 heteroatoms. The lowest BCUT2D eigenvalue weighted by Crippen LogP contribution is -2.41. The van der Waals surface area contributed by atoms with Gasteiger partial charge < -0.3 is 4.74 Å². The Morgan fingerprint density at radius 1 is 1.56 bits per heavy atom. The van der Waals surface area contributed by atoms with Crippen molar-refractivity contribution in [2.45, 2.75) is 26.0 Å². The maximum atomic E-state index is 5.65. The minimum Gasteiger partial charge on any atom is -0.376 e. The molecule has 3 nitrogen and oxygen atoms in total. The Morgan fingerprint density at radius 2 is 2.44 bits per heavy atom. The number of ether oxygens (including phenoxy) is 1. The largest absolute Gasteiger partial charge is 0.376 e. The molecule has 1 fully saturated rings. The first-order chi connectivity index (χ1) is 7.78. The third kappa shape index (κ3) is 3.27. The van der Waals surface area contributed by atoms with Gasteiger partial charge in [0.25, 0.3) is 0 Å². The fourth-order valence-corrected chi connectivity index (χ4v) is 2.38. The zero-order valence-electron chi connectivity index (χ0n) is 9.53. The highest BCUT2D eigenvalue weighted by Gasteiger charge is 2.18. The number of nitrogens with zero attached hydrogens (tertiary/aromatic N) is 2. The van der Waals surface area contributed by atoms with E-state index in [1.807, 2.05) is 12.4 Å². The highest BCUT2D eigenvalue weighted by atomic mass is 79.9. The van der Waals surface area contributed by atoms with E-state index in [0.717, 1.165) is 37.1 Å². The Morgan fingerprint density at radius 3 is 3.19 bits per heavy atom. The molecule has 1 aromatic heterocycles. The van der Waals surface area contributed by atoms with Gasteiger partial charge in [0.1, 0.15) is 0 Å². The summed E-state index contributed by atoms with van der Waals surface area (Å²) in [5, 5.41) is 0. The summed E-state index contributed by atoms with van der Waals surface area (Å²) >= 11 is 3.45. The lowest BCUT2D eigenvalue weighted by Gasteiger charge is -2.32. The molecule has 0 aromatic carbocycles. The number of pyridine rings is 1. The summed E-state index contributed by atoms with van der Waals surface area (Å²) in [5.74, 6) is 0. The van der Waals surface area contributed by atoms with Gasteiger partial charge in [0, 0.05) is 36.5 Å². The van der Waals surface area contributed by atoms with Crippen molar-refractivity contribution in [3.05, 3.63) is 28.5 Å². The normalized spacial score (nSPS) is 22.2. The average molecular weight is 285 g/mol. The van der Waals surface area contributed by atoms with Crippen molar-refractivity contribution >= 4 is 15.9 Å². The molecule has 1 atom stereocenters. The zero-order chi connectivity index (χ0) is 11.4. The van der Waals surface area contributed by atoms with Crippen molar-refractivity contribution in [2.24, 2.45) is 0 Å². The van der Waals surface area contributed by atoms with E-state index in [4.69, 9.17) is 4.74 Å². The number of morpholine rings is 1. The van der Waals surface area contributed by atoms with Crippen LogP contribution in [0.1, 0.15) is 18.9 Å². The smallest absolute Gasteiger partial charge is 0.0700 e. The summed E-state index contributed by atoms with van der Waals surface area (Å²) in [6.07, 6.45) is 5.24. The van der Waals surface area contributed by atoms with Crippen LogP contribution in [0.25, 0.3) is 0 Å². The summed E-state index contributed by atoms with van der Waals surface area (Å²) in [6.45, 7) is 6.03. The van der Waals surface area contributed by atoms with E-state index < -0.39 is 0 Å². The van der Waals surface area contributed by atoms with Crippen molar-refractivity contribution in [3.63, 3.8) is 0 Å². The van der Waals surface area contributed by atoms with Crippen LogP contribution in [0.3, 0.4) is 0 Å². The Balaban J connectivity index is 1.94. The van der Waals surface area contributed by atoms with Gasteiger partial charge in [-0.05, 0) is 34.0 Å². The SMILES string of the molecule is CCC1CN(Cc2cncc(Br)c2)CCO1. The molecule has 0 saturated carbocycles. The van der Waals surface area contributed by atoms with E-state index in [-0.39, 0.29) is 0 Å². The van der Waals surface area contributed by atoms with Crippen molar-refractivity contribution in [1.29, 1.82) is 0 Å². The van der Waals surface area contributed by atoms with Crippen LogP contribution in [0.5, 0.6) is 0 Å². The molecule has 1 aliphatic rings. The Hall–Kier alpha value is -0.450. The van der Waals surface area contributed by atoms with Crippen molar-refractivity contribution in [1.82, 2.24) is 9.88 Å². The number of hydrogen-bond acceptors (Lipinski definition) is 3. The van der Waals surface area contributed by atoms with Crippen LogP contribution in [-0.4, -0.2) is 35.7 Å². The summed E-state index contributed by atoms with van der Waals surface area (Å²) in [6, 6.07) is 2.13. The van der Waals surface area contributed by atoms with Gasteiger partial charge in [0.15, 0.2) is 0 Å². The molecule has 1 aromatic rings. The number of aromatic nitrogens is 1. The second-order valence-corrected chi connectivity index (χ2v) is 5.06. The molecule has 2 rings (SSSR count). The molecule has 88 valence electrons. The Labute approximate surface area is 105 Å². The minimum absolute atomic E-state index is 0.397. The van der Waals surface area contributed by atoms with Crippen LogP contribution in [0.4, 0.5) is 0 Å². The van der Waals surface area contributed by atoms with Gasteiger partial charge in [-0.15, -0.1) is 0 Å². The Bertz CT molecular complexity index is 346. The first kappa shape index (κ1) is 12.0. The minimum atomic E-state index is 0.397. The second kappa shape index (κ2) is 5.75. The van der Waals surface area contributed by atoms with E-state index in [1.165, 1.54) is 5.56 Å². The highest BCUT2D eigenvalue weighted by Crippen LogP contribution is 2.14. The van der Waals surface area contributed by atoms with Gasteiger partial charge in [-0.2, -0.15) is 0 Å². The first-order valence-corrected chi connectivity index (χ1v) is 6.50. The van der Waals surface area contributed by atoms with Crippen LogP contribution in [0.2, 0.25) is 0 Å². The fourth-order valence-electron chi connectivity index (χ4n) is 1.97. The van der Waals surface area contributed by atoms with Crippen LogP contribution in [0, 0.1) is 0 Å². The molecule has 0 spiro atoms. The maximum absolute atomic E-state index is 5.65. The summed E-state index contributed by atoms with van der Waals surface area (Å²) < 4.78 is 6.70. The van der Waals surface area contributed by atoms with Crippen molar-refractivity contribution in [2.75, 3.05) is 19.7 Å². The van der Waals surface area contributed by atoms with Gasteiger partial charge in [0.2, 0.25) is 0 Å². The number of hydrogen-bond donors (Lipinski definition) is 0. The summed E-state index contributed by atoms with van der Waals surface area (Å²) in [5.41, 5.74) is 1.26. The topological polar surface area (TPSA) is 25.4 Å². The van der Waals surface area contributed by atoms with Gasteiger partial charge in [-0.1, -0.05) is 6.92 Å². The molecule has 1 aliphatic heterocycles. The molecule has 16 heavy (non-hydrogen) atoms.